The molecule has 2 aliphatic carbocycles. The molecule has 1 fully saturated rings. The number of hydrogen-bond acceptors (Lipinski definition) is 2. The topological polar surface area (TPSA) is 41.1 Å². The second-order valence-corrected chi connectivity index (χ2v) is 5.81. The zero-order valence-electron chi connectivity index (χ0n) is 11.7. The van der Waals surface area contributed by atoms with E-state index in [1.54, 1.807) is 0 Å². The fourth-order valence-corrected chi connectivity index (χ4v) is 2.87. The molecular formula is C16H23ClN2O. The van der Waals surface area contributed by atoms with Crippen LogP contribution in [0.25, 0.3) is 0 Å². The number of nitrogens with one attached hydrogen (secondary N) is 2. The summed E-state index contributed by atoms with van der Waals surface area (Å²) in [5.41, 5.74) is 2.88. The van der Waals surface area contributed by atoms with E-state index in [1.807, 2.05) is 0 Å². The Morgan fingerprint density at radius 1 is 1.15 bits per heavy atom. The van der Waals surface area contributed by atoms with Crippen molar-refractivity contribution in [2.24, 2.45) is 5.92 Å². The predicted molar refractivity (Wildman–Crippen MR) is 83.4 cm³/mol. The van der Waals surface area contributed by atoms with Gasteiger partial charge < -0.3 is 10.6 Å². The van der Waals surface area contributed by atoms with Crippen molar-refractivity contribution in [3.8, 4) is 0 Å². The SMILES string of the molecule is Cl.O=C(CNCC1CC1)NCC1CCc2ccccc21. The Bertz CT molecular complexity index is 460. The Hall–Kier alpha value is -1.06. The van der Waals surface area contributed by atoms with E-state index in [0.29, 0.717) is 12.5 Å². The number of hydrogen-bond donors (Lipinski definition) is 2. The van der Waals surface area contributed by atoms with Crippen LogP contribution < -0.4 is 10.6 Å². The van der Waals surface area contributed by atoms with Gasteiger partial charge >= 0.3 is 0 Å². The van der Waals surface area contributed by atoms with Crippen molar-refractivity contribution in [1.82, 2.24) is 10.6 Å². The van der Waals surface area contributed by atoms with Gasteiger partial charge in [-0.2, -0.15) is 0 Å². The zero-order valence-corrected chi connectivity index (χ0v) is 12.5. The third-order valence-electron chi connectivity index (χ3n) is 4.22. The van der Waals surface area contributed by atoms with Crippen LogP contribution in [0.5, 0.6) is 0 Å². The Balaban J connectivity index is 0.00000147. The van der Waals surface area contributed by atoms with E-state index in [2.05, 4.69) is 34.9 Å². The molecule has 2 aliphatic rings. The van der Waals surface area contributed by atoms with Gasteiger partial charge in [-0.05, 0) is 49.3 Å². The molecule has 1 atom stereocenters. The second kappa shape index (κ2) is 7.09. The fourth-order valence-electron chi connectivity index (χ4n) is 2.87. The van der Waals surface area contributed by atoms with Gasteiger partial charge in [-0.15, -0.1) is 12.4 Å². The van der Waals surface area contributed by atoms with E-state index in [0.717, 1.165) is 31.8 Å². The van der Waals surface area contributed by atoms with Crippen LogP contribution >= 0.6 is 12.4 Å². The molecule has 110 valence electrons. The van der Waals surface area contributed by atoms with Gasteiger partial charge in [0.2, 0.25) is 5.91 Å². The van der Waals surface area contributed by atoms with Crippen molar-refractivity contribution in [2.45, 2.75) is 31.6 Å². The number of fused-ring (bicyclic) bond motifs is 1. The fraction of sp³-hybridized carbons (Fsp3) is 0.562. The van der Waals surface area contributed by atoms with E-state index in [-0.39, 0.29) is 18.3 Å². The summed E-state index contributed by atoms with van der Waals surface area (Å²) in [6.45, 7) is 2.24. The highest BCUT2D eigenvalue weighted by Crippen LogP contribution is 2.32. The molecule has 0 aromatic heterocycles. The Morgan fingerprint density at radius 3 is 2.75 bits per heavy atom. The number of rotatable bonds is 6. The number of benzene rings is 1. The van der Waals surface area contributed by atoms with Crippen molar-refractivity contribution in [3.05, 3.63) is 35.4 Å². The highest BCUT2D eigenvalue weighted by molar-refractivity contribution is 5.85. The van der Waals surface area contributed by atoms with Crippen LogP contribution in [0.2, 0.25) is 0 Å². The van der Waals surface area contributed by atoms with Gasteiger partial charge in [0.05, 0.1) is 6.54 Å². The highest BCUT2D eigenvalue weighted by atomic mass is 35.5. The maximum atomic E-state index is 11.7. The lowest BCUT2D eigenvalue weighted by Gasteiger charge is -2.13. The quantitative estimate of drug-likeness (QED) is 0.845. The molecule has 3 nitrogen and oxygen atoms in total. The lowest BCUT2D eigenvalue weighted by molar-refractivity contribution is -0.120. The number of carbonyl (C=O) groups excluding carboxylic acids is 1. The molecule has 1 saturated carbocycles. The first kappa shape index (κ1) is 15.3. The average molecular weight is 295 g/mol. The average Bonchev–Trinajstić information content (AvgIpc) is 3.16. The summed E-state index contributed by atoms with van der Waals surface area (Å²) in [6, 6.07) is 8.59. The predicted octanol–water partition coefficient (Wildman–Crippen LogP) is 2.25. The molecule has 2 N–H and O–H groups in total. The van der Waals surface area contributed by atoms with Crippen LogP contribution in [0, 0.1) is 5.92 Å². The van der Waals surface area contributed by atoms with Gasteiger partial charge in [-0.25, -0.2) is 0 Å². The monoisotopic (exact) mass is 294 g/mol. The molecule has 1 unspecified atom stereocenters. The summed E-state index contributed by atoms with van der Waals surface area (Å²) < 4.78 is 0. The first-order chi connectivity index (χ1) is 9.33. The van der Waals surface area contributed by atoms with Crippen molar-refractivity contribution < 1.29 is 4.79 Å². The number of halogens is 1. The van der Waals surface area contributed by atoms with Crippen molar-refractivity contribution in [2.75, 3.05) is 19.6 Å². The smallest absolute Gasteiger partial charge is 0.233 e. The molecule has 1 amide bonds. The molecule has 3 rings (SSSR count). The van der Waals surface area contributed by atoms with E-state index < -0.39 is 0 Å². The Kier molecular flexibility index (Phi) is 5.44. The Labute approximate surface area is 126 Å². The number of amides is 1. The minimum Gasteiger partial charge on any atom is -0.354 e. The third kappa shape index (κ3) is 3.97. The molecule has 0 spiro atoms. The molecule has 4 heteroatoms. The minimum atomic E-state index is 0. The van der Waals surface area contributed by atoms with Crippen molar-refractivity contribution in [1.29, 1.82) is 0 Å². The van der Waals surface area contributed by atoms with Crippen molar-refractivity contribution in [3.63, 3.8) is 0 Å². The second-order valence-electron chi connectivity index (χ2n) is 5.81. The molecule has 0 saturated heterocycles. The van der Waals surface area contributed by atoms with Crippen LogP contribution in [0.3, 0.4) is 0 Å². The first-order valence-corrected chi connectivity index (χ1v) is 7.38. The van der Waals surface area contributed by atoms with Gasteiger partial charge in [0.1, 0.15) is 0 Å². The molecule has 0 aliphatic heterocycles. The van der Waals surface area contributed by atoms with Gasteiger partial charge in [0.25, 0.3) is 0 Å². The summed E-state index contributed by atoms with van der Waals surface area (Å²) in [4.78, 5) is 11.7. The van der Waals surface area contributed by atoms with Crippen molar-refractivity contribution >= 4 is 18.3 Å². The molecule has 0 radical (unpaired) electrons. The van der Waals surface area contributed by atoms with Crippen LogP contribution in [-0.4, -0.2) is 25.5 Å². The summed E-state index contributed by atoms with van der Waals surface area (Å²) in [5, 5.41) is 6.29. The standard InChI is InChI=1S/C16H22N2O.ClH/c19-16(11-17-9-12-5-6-12)18-10-14-8-7-13-3-1-2-4-15(13)14;/h1-4,12,14,17H,5-11H2,(H,18,19);1H. The summed E-state index contributed by atoms with van der Waals surface area (Å²) in [7, 11) is 0. The van der Waals surface area contributed by atoms with E-state index in [9.17, 15) is 4.79 Å². The van der Waals surface area contributed by atoms with Crippen LogP contribution in [0.4, 0.5) is 0 Å². The zero-order chi connectivity index (χ0) is 13.1. The van der Waals surface area contributed by atoms with Crippen LogP contribution in [0.15, 0.2) is 24.3 Å². The normalized spacial score (nSPS) is 20.1. The molecule has 0 heterocycles. The lowest BCUT2D eigenvalue weighted by atomic mass is 10.0. The van der Waals surface area contributed by atoms with E-state index in [4.69, 9.17) is 0 Å². The first-order valence-electron chi connectivity index (χ1n) is 7.38. The molecule has 1 aromatic rings. The highest BCUT2D eigenvalue weighted by Gasteiger charge is 2.23. The molecular weight excluding hydrogens is 272 g/mol. The van der Waals surface area contributed by atoms with Gasteiger partial charge in [-0.3, -0.25) is 4.79 Å². The maximum absolute atomic E-state index is 11.7. The number of carbonyl (C=O) groups is 1. The summed E-state index contributed by atoms with van der Waals surface area (Å²) in [6.07, 6.45) is 4.97. The maximum Gasteiger partial charge on any atom is 0.233 e. The largest absolute Gasteiger partial charge is 0.354 e. The summed E-state index contributed by atoms with van der Waals surface area (Å²) in [5.74, 6) is 1.46. The molecule has 0 bridgehead atoms. The van der Waals surface area contributed by atoms with Gasteiger partial charge in [0, 0.05) is 12.5 Å². The Morgan fingerprint density at radius 2 is 1.95 bits per heavy atom. The van der Waals surface area contributed by atoms with Crippen LogP contribution in [0.1, 0.15) is 36.3 Å². The third-order valence-corrected chi connectivity index (χ3v) is 4.22. The number of aryl methyl sites for hydroxylation is 1. The molecule has 1 aromatic carbocycles. The summed E-state index contributed by atoms with van der Waals surface area (Å²) >= 11 is 0. The van der Waals surface area contributed by atoms with E-state index >= 15 is 0 Å². The molecule has 20 heavy (non-hydrogen) atoms. The van der Waals surface area contributed by atoms with Gasteiger partial charge in [0.15, 0.2) is 0 Å². The van der Waals surface area contributed by atoms with Gasteiger partial charge in [-0.1, -0.05) is 24.3 Å². The lowest BCUT2D eigenvalue weighted by Crippen LogP contribution is -2.36. The van der Waals surface area contributed by atoms with E-state index in [1.165, 1.54) is 24.0 Å². The minimum absolute atomic E-state index is 0. The van der Waals surface area contributed by atoms with Crippen LogP contribution in [-0.2, 0) is 11.2 Å².